The summed E-state index contributed by atoms with van der Waals surface area (Å²) in [5.41, 5.74) is 7.97. The zero-order valence-electron chi connectivity index (χ0n) is 12.3. The smallest absolute Gasteiger partial charge is 0.132 e. The van der Waals surface area contributed by atoms with Gasteiger partial charge in [0, 0.05) is 23.1 Å². The zero-order chi connectivity index (χ0) is 14.6. The lowest BCUT2D eigenvalue weighted by atomic mass is 10.0. The highest BCUT2D eigenvalue weighted by atomic mass is 32.2. The minimum atomic E-state index is 0.242. The van der Waals surface area contributed by atoms with Gasteiger partial charge in [-0.3, -0.25) is 0 Å². The molecular formula is C15H22N4S. The van der Waals surface area contributed by atoms with Crippen molar-refractivity contribution < 1.29 is 0 Å². The summed E-state index contributed by atoms with van der Waals surface area (Å²) in [5, 5.41) is 0. The standard InChI is InChI=1S/C15H22N4S/c1-4-15(5-2,20-3)10-19-11-17-9-13(19)12-7-6-8-18-14(12)16/h6-9,11H,4-5,10H2,1-3H3,(H2,16,18). The van der Waals surface area contributed by atoms with Crippen LogP contribution in [-0.2, 0) is 6.54 Å². The van der Waals surface area contributed by atoms with Crippen LogP contribution < -0.4 is 5.73 Å². The second-order valence-corrected chi connectivity index (χ2v) is 6.21. The largest absolute Gasteiger partial charge is 0.383 e. The molecule has 0 spiro atoms. The number of pyridine rings is 1. The van der Waals surface area contributed by atoms with Crippen LogP contribution in [0.4, 0.5) is 5.82 Å². The van der Waals surface area contributed by atoms with Crippen molar-refractivity contribution >= 4 is 17.6 Å². The Morgan fingerprint density at radius 2 is 2.10 bits per heavy atom. The van der Waals surface area contributed by atoms with Crippen molar-refractivity contribution in [1.82, 2.24) is 14.5 Å². The number of thioether (sulfide) groups is 1. The van der Waals surface area contributed by atoms with E-state index in [1.807, 2.05) is 36.4 Å². The Labute approximate surface area is 124 Å². The number of aromatic nitrogens is 3. The molecule has 0 aliphatic carbocycles. The molecule has 2 aromatic heterocycles. The Morgan fingerprint density at radius 1 is 1.35 bits per heavy atom. The van der Waals surface area contributed by atoms with Crippen molar-refractivity contribution in [2.45, 2.75) is 38.0 Å². The SMILES string of the molecule is CCC(CC)(Cn1cncc1-c1cccnc1N)SC. The van der Waals surface area contributed by atoms with Gasteiger partial charge in [-0.05, 0) is 31.2 Å². The van der Waals surface area contributed by atoms with Gasteiger partial charge < -0.3 is 10.3 Å². The summed E-state index contributed by atoms with van der Waals surface area (Å²) in [7, 11) is 0. The molecule has 2 rings (SSSR count). The van der Waals surface area contributed by atoms with E-state index in [9.17, 15) is 0 Å². The van der Waals surface area contributed by atoms with E-state index in [0.29, 0.717) is 5.82 Å². The lowest BCUT2D eigenvalue weighted by Crippen LogP contribution is -2.29. The van der Waals surface area contributed by atoms with E-state index in [1.165, 1.54) is 0 Å². The van der Waals surface area contributed by atoms with Crippen molar-refractivity contribution in [1.29, 1.82) is 0 Å². The van der Waals surface area contributed by atoms with Crippen molar-refractivity contribution in [3.63, 3.8) is 0 Å². The van der Waals surface area contributed by atoms with Crippen LogP contribution in [0.15, 0.2) is 30.9 Å². The fraction of sp³-hybridized carbons (Fsp3) is 0.467. The fourth-order valence-corrected chi connectivity index (χ4v) is 3.29. The van der Waals surface area contributed by atoms with E-state index in [0.717, 1.165) is 30.6 Å². The van der Waals surface area contributed by atoms with Gasteiger partial charge in [0.25, 0.3) is 0 Å². The molecular weight excluding hydrogens is 268 g/mol. The molecule has 0 amide bonds. The van der Waals surface area contributed by atoms with Crippen molar-refractivity contribution in [3.8, 4) is 11.3 Å². The van der Waals surface area contributed by atoms with Gasteiger partial charge in [-0.25, -0.2) is 9.97 Å². The number of nitrogens with two attached hydrogens (primary N) is 1. The number of imidazole rings is 1. The third-order valence-electron chi connectivity index (χ3n) is 4.01. The van der Waals surface area contributed by atoms with E-state index < -0.39 is 0 Å². The third-order valence-corrected chi connectivity index (χ3v) is 5.58. The van der Waals surface area contributed by atoms with Crippen LogP contribution >= 0.6 is 11.8 Å². The number of nitrogens with zero attached hydrogens (tertiary/aromatic N) is 3. The highest BCUT2D eigenvalue weighted by Crippen LogP contribution is 2.34. The van der Waals surface area contributed by atoms with E-state index in [-0.39, 0.29) is 4.75 Å². The molecule has 2 aromatic rings. The average molecular weight is 290 g/mol. The van der Waals surface area contributed by atoms with Crippen molar-refractivity contribution in [2.24, 2.45) is 0 Å². The van der Waals surface area contributed by atoms with E-state index in [2.05, 4.69) is 34.6 Å². The molecule has 0 aliphatic rings. The predicted octanol–water partition coefficient (Wildman–Crippen LogP) is 3.45. The minimum absolute atomic E-state index is 0.242. The first kappa shape index (κ1) is 14.9. The molecule has 4 nitrogen and oxygen atoms in total. The summed E-state index contributed by atoms with van der Waals surface area (Å²) in [6, 6.07) is 3.90. The average Bonchev–Trinajstić information content (AvgIpc) is 2.93. The Hall–Kier alpha value is -1.49. The number of hydrogen-bond donors (Lipinski definition) is 1. The summed E-state index contributed by atoms with van der Waals surface area (Å²) in [6.07, 6.45) is 9.91. The number of anilines is 1. The second kappa shape index (κ2) is 6.31. The van der Waals surface area contributed by atoms with Crippen LogP contribution in [0.3, 0.4) is 0 Å². The maximum absolute atomic E-state index is 5.98. The summed E-state index contributed by atoms with van der Waals surface area (Å²) >= 11 is 1.93. The Balaban J connectivity index is 2.37. The topological polar surface area (TPSA) is 56.7 Å². The Bertz CT molecular complexity index is 552. The van der Waals surface area contributed by atoms with E-state index in [1.54, 1.807) is 6.20 Å². The zero-order valence-corrected chi connectivity index (χ0v) is 13.2. The molecule has 5 heteroatoms. The monoisotopic (exact) mass is 290 g/mol. The quantitative estimate of drug-likeness (QED) is 0.885. The summed E-state index contributed by atoms with van der Waals surface area (Å²) in [4.78, 5) is 8.46. The Kier molecular flexibility index (Phi) is 4.70. The first-order chi connectivity index (χ1) is 9.65. The maximum atomic E-state index is 5.98. The first-order valence-electron chi connectivity index (χ1n) is 6.92. The Morgan fingerprint density at radius 3 is 2.70 bits per heavy atom. The maximum Gasteiger partial charge on any atom is 0.132 e. The third kappa shape index (κ3) is 2.82. The van der Waals surface area contributed by atoms with Crippen LogP contribution in [0, 0.1) is 0 Å². The number of hydrogen-bond acceptors (Lipinski definition) is 4. The molecule has 0 aliphatic heterocycles. The minimum Gasteiger partial charge on any atom is -0.383 e. The lowest BCUT2D eigenvalue weighted by Gasteiger charge is -2.30. The molecule has 0 atom stereocenters. The number of nitrogen functional groups attached to an aromatic ring is 1. The first-order valence-corrected chi connectivity index (χ1v) is 8.14. The predicted molar refractivity (Wildman–Crippen MR) is 86.7 cm³/mol. The molecule has 0 saturated heterocycles. The fourth-order valence-electron chi connectivity index (χ4n) is 2.44. The van der Waals surface area contributed by atoms with Gasteiger partial charge in [0.2, 0.25) is 0 Å². The van der Waals surface area contributed by atoms with Crippen molar-refractivity contribution in [3.05, 3.63) is 30.9 Å². The molecule has 20 heavy (non-hydrogen) atoms. The summed E-state index contributed by atoms with van der Waals surface area (Å²) in [5.74, 6) is 0.553. The molecule has 0 saturated carbocycles. The molecule has 2 N–H and O–H groups in total. The van der Waals surface area contributed by atoms with Crippen LogP contribution in [0.1, 0.15) is 26.7 Å². The molecule has 0 fully saturated rings. The van der Waals surface area contributed by atoms with Gasteiger partial charge in [0.1, 0.15) is 5.82 Å². The molecule has 0 bridgehead atoms. The van der Waals surface area contributed by atoms with Crippen LogP contribution in [-0.4, -0.2) is 25.5 Å². The number of rotatable bonds is 6. The van der Waals surface area contributed by atoms with Gasteiger partial charge >= 0.3 is 0 Å². The highest BCUT2D eigenvalue weighted by Gasteiger charge is 2.26. The highest BCUT2D eigenvalue weighted by molar-refractivity contribution is 8.00. The summed E-state index contributed by atoms with van der Waals surface area (Å²) < 4.78 is 2.43. The molecule has 0 radical (unpaired) electrons. The van der Waals surface area contributed by atoms with Gasteiger partial charge in [-0.1, -0.05) is 13.8 Å². The lowest BCUT2D eigenvalue weighted by molar-refractivity contribution is 0.468. The van der Waals surface area contributed by atoms with Crippen LogP contribution in [0.5, 0.6) is 0 Å². The van der Waals surface area contributed by atoms with Gasteiger partial charge in [0.15, 0.2) is 0 Å². The molecule has 0 unspecified atom stereocenters. The molecule has 108 valence electrons. The second-order valence-electron chi connectivity index (χ2n) is 4.94. The van der Waals surface area contributed by atoms with Gasteiger partial charge in [-0.15, -0.1) is 0 Å². The normalized spacial score (nSPS) is 11.8. The summed E-state index contributed by atoms with van der Waals surface area (Å²) in [6.45, 7) is 5.43. The van der Waals surface area contributed by atoms with E-state index in [4.69, 9.17) is 5.73 Å². The van der Waals surface area contributed by atoms with E-state index >= 15 is 0 Å². The molecule has 0 aromatic carbocycles. The van der Waals surface area contributed by atoms with Crippen molar-refractivity contribution in [2.75, 3.05) is 12.0 Å². The van der Waals surface area contributed by atoms with Crippen LogP contribution in [0.25, 0.3) is 11.3 Å². The van der Waals surface area contributed by atoms with Gasteiger partial charge in [0.05, 0.1) is 18.2 Å². The molecule has 2 heterocycles. The van der Waals surface area contributed by atoms with Crippen LogP contribution in [0.2, 0.25) is 0 Å². The van der Waals surface area contributed by atoms with Gasteiger partial charge in [-0.2, -0.15) is 11.8 Å².